The van der Waals surface area contributed by atoms with Gasteiger partial charge in [-0.2, -0.15) is 0 Å². The van der Waals surface area contributed by atoms with Gasteiger partial charge in [0.1, 0.15) is 5.01 Å². The quantitative estimate of drug-likeness (QED) is 0.715. The molecular formula is C16H16N2S2. The zero-order chi connectivity index (χ0) is 13.9. The first-order valence-electron chi connectivity index (χ1n) is 6.55. The zero-order valence-electron chi connectivity index (χ0n) is 11.2. The van der Waals surface area contributed by atoms with Crippen LogP contribution in [0.4, 0.5) is 0 Å². The van der Waals surface area contributed by atoms with Crippen molar-refractivity contribution in [3.8, 4) is 0 Å². The molecule has 4 heteroatoms. The van der Waals surface area contributed by atoms with Crippen molar-refractivity contribution in [3.63, 3.8) is 0 Å². The highest BCUT2D eigenvalue weighted by Gasteiger charge is 2.04. The van der Waals surface area contributed by atoms with E-state index in [9.17, 15) is 0 Å². The minimum Gasteiger partial charge on any atom is -0.324 e. The number of para-hydroxylation sites is 1. The monoisotopic (exact) mass is 300 g/mol. The van der Waals surface area contributed by atoms with Crippen LogP contribution in [0.2, 0.25) is 0 Å². The number of fused-ring (bicyclic) bond motifs is 1. The molecule has 102 valence electrons. The molecule has 0 spiro atoms. The van der Waals surface area contributed by atoms with Gasteiger partial charge in [-0.15, -0.1) is 23.1 Å². The Kier molecular flexibility index (Phi) is 4.05. The van der Waals surface area contributed by atoms with Crippen LogP contribution in [0.1, 0.15) is 23.5 Å². The molecule has 1 unspecified atom stereocenters. The normalized spacial score (nSPS) is 12.7. The molecule has 2 aromatic carbocycles. The summed E-state index contributed by atoms with van der Waals surface area (Å²) in [4.78, 5) is 5.91. The summed E-state index contributed by atoms with van der Waals surface area (Å²) in [7, 11) is 0. The molecule has 2 N–H and O–H groups in total. The molecule has 0 saturated heterocycles. The summed E-state index contributed by atoms with van der Waals surface area (Å²) in [5.74, 6) is 0.914. The first kappa shape index (κ1) is 13.6. The molecule has 0 fully saturated rings. The Hall–Kier alpha value is -1.36. The average Bonchev–Trinajstić information content (AvgIpc) is 2.88. The van der Waals surface area contributed by atoms with E-state index in [1.807, 2.05) is 24.8 Å². The van der Waals surface area contributed by atoms with Crippen LogP contribution in [0.25, 0.3) is 10.2 Å². The molecule has 1 atom stereocenters. The van der Waals surface area contributed by atoms with E-state index in [0.717, 1.165) is 11.3 Å². The fourth-order valence-electron chi connectivity index (χ4n) is 1.99. The number of aromatic nitrogens is 1. The van der Waals surface area contributed by atoms with Crippen molar-refractivity contribution < 1.29 is 0 Å². The maximum atomic E-state index is 5.86. The number of thioether (sulfide) groups is 1. The Bertz CT molecular complexity index is 669. The number of rotatable bonds is 4. The molecule has 0 radical (unpaired) electrons. The van der Waals surface area contributed by atoms with Gasteiger partial charge in [0.15, 0.2) is 0 Å². The average molecular weight is 300 g/mol. The molecule has 0 saturated carbocycles. The van der Waals surface area contributed by atoms with Gasteiger partial charge in [-0.05, 0) is 36.8 Å². The molecule has 0 amide bonds. The Morgan fingerprint density at radius 2 is 1.90 bits per heavy atom. The fraction of sp³-hybridized carbons (Fsp3) is 0.188. The molecule has 20 heavy (non-hydrogen) atoms. The molecule has 0 aliphatic rings. The van der Waals surface area contributed by atoms with Crippen LogP contribution in [-0.2, 0) is 5.75 Å². The SMILES string of the molecule is CC(N)c1ccc(SCc2nc3ccccc3s2)cc1. The topological polar surface area (TPSA) is 38.9 Å². The van der Waals surface area contributed by atoms with E-state index < -0.39 is 0 Å². The fourth-order valence-corrected chi connectivity index (χ4v) is 3.85. The van der Waals surface area contributed by atoms with Crippen molar-refractivity contribution in [3.05, 3.63) is 59.1 Å². The van der Waals surface area contributed by atoms with Crippen molar-refractivity contribution in [2.24, 2.45) is 5.73 Å². The summed E-state index contributed by atoms with van der Waals surface area (Å²) in [5, 5.41) is 1.17. The molecule has 3 aromatic rings. The van der Waals surface area contributed by atoms with E-state index >= 15 is 0 Å². The first-order chi connectivity index (χ1) is 9.72. The van der Waals surface area contributed by atoms with Gasteiger partial charge in [0.05, 0.1) is 16.0 Å². The number of nitrogens with two attached hydrogens (primary N) is 1. The molecule has 1 heterocycles. The molecule has 0 bridgehead atoms. The predicted octanol–water partition coefficient (Wildman–Crippen LogP) is 4.61. The van der Waals surface area contributed by atoms with Gasteiger partial charge >= 0.3 is 0 Å². The van der Waals surface area contributed by atoms with Crippen molar-refractivity contribution in [1.82, 2.24) is 4.98 Å². The van der Waals surface area contributed by atoms with Crippen LogP contribution in [-0.4, -0.2) is 4.98 Å². The molecular weight excluding hydrogens is 284 g/mol. The van der Waals surface area contributed by atoms with Gasteiger partial charge in [0.25, 0.3) is 0 Å². The summed E-state index contributed by atoms with van der Waals surface area (Å²) < 4.78 is 1.26. The number of benzene rings is 2. The van der Waals surface area contributed by atoms with E-state index in [-0.39, 0.29) is 6.04 Å². The van der Waals surface area contributed by atoms with Crippen LogP contribution < -0.4 is 5.73 Å². The maximum absolute atomic E-state index is 5.86. The molecule has 1 aromatic heterocycles. The molecule has 0 aliphatic carbocycles. The molecule has 0 aliphatic heterocycles. The van der Waals surface area contributed by atoms with Crippen molar-refractivity contribution in [2.75, 3.05) is 0 Å². The van der Waals surface area contributed by atoms with Crippen molar-refractivity contribution in [1.29, 1.82) is 0 Å². The number of thiazole rings is 1. The molecule has 3 rings (SSSR count). The smallest absolute Gasteiger partial charge is 0.104 e. The van der Waals surface area contributed by atoms with Gasteiger partial charge in [-0.3, -0.25) is 0 Å². The Morgan fingerprint density at radius 1 is 1.15 bits per heavy atom. The first-order valence-corrected chi connectivity index (χ1v) is 8.35. The molecule has 2 nitrogen and oxygen atoms in total. The minimum atomic E-state index is 0.0957. The van der Waals surface area contributed by atoms with Gasteiger partial charge < -0.3 is 5.73 Å². The zero-order valence-corrected chi connectivity index (χ0v) is 12.9. The van der Waals surface area contributed by atoms with Gasteiger partial charge in [0.2, 0.25) is 0 Å². The van der Waals surface area contributed by atoms with Crippen molar-refractivity contribution >= 4 is 33.3 Å². The third-order valence-corrected chi connectivity index (χ3v) is 5.35. The lowest BCUT2D eigenvalue weighted by Crippen LogP contribution is -2.04. The predicted molar refractivity (Wildman–Crippen MR) is 88.2 cm³/mol. The van der Waals surface area contributed by atoms with E-state index in [1.165, 1.54) is 20.2 Å². The highest BCUT2D eigenvalue weighted by molar-refractivity contribution is 7.98. The summed E-state index contributed by atoms with van der Waals surface area (Å²) in [5.41, 5.74) is 8.13. The summed E-state index contributed by atoms with van der Waals surface area (Å²) in [6.07, 6.45) is 0. The summed E-state index contributed by atoms with van der Waals surface area (Å²) in [6.45, 7) is 2.00. The standard InChI is InChI=1S/C16H16N2S2/c1-11(17)12-6-8-13(9-7-12)19-10-16-18-14-4-2-3-5-15(14)20-16/h2-9,11H,10,17H2,1H3. The minimum absolute atomic E-state index is 0.0957. The lowest BCUT2D eigenvalue weighted by molar-refractivity contribution is 0.817. The number of hydrogen-bond acceptors (Lipinski definition) is 4. The summed E-state index contributed by atoms with van der Waals surface area (Å²) in [6, 6.07) is 16.9. The lowest BCUT2D eigenvalue weighted by Gasteiger charge is -2.06. The Labute approximate surface area is 127 Å². The van der Waals surface area contributed by atoms with E-state index in [4.69, 9.17) is 5.73 Å². The van der Waals surface area contributed by atoms with Gasteiger partial charge in [-0.1, -0.05) is 24.3 Å². The van der Waals surface area contributed by atoms with Gasteiger partial charge in [0, 0.05) is 10.9 Å². The Balaban J connectivity index is 1.69. The highest BCUT2D eigenvalue weighted by Crippen LogP contribution is 2.28. The van der Waals surface area contributed by atoms with Crippen molar-refractivity contribution in [2.45, 2.75) is 23.6 Å². The Morgan fingerprint density at radius 3 is 2.60 bits per heavy atom. The lowest BCUT2D eigenvalue weighted by atomic mass is 10.1. The maximum Gasteiger partial charge on any atom is 0.104 e. The van der Waals surface area contributed by atoms with Crippen LogP contribution >= 0.6 is 23.1 Å². The van der Waals surface area contributed by atoms with Crippen LogP contribution in [0, 0.1) is 0 Å². The van der Waals surface area contributed by atoms with Crippen LogP contribution in [0.5, 0.6) is 0 Å². The summed E-state index contributed by atoms with van der Waals surface area (Å²) >= 11 is 3.59. The second-order valence-corrected chi connectivity index (χ2v) is 6.89. The second kappa shape index (κ2) is 5.95. The number of hydrogen-bond donors (Lipinski definition) is 1. The third-order valence-electron chi connectivity index (χ3n) is 3.11. The van der Waals surface area contributed by atoms with Crippen LogP contribution in [0.15, 0.2) is 53.4 Å². The second-order valence-electron chi connectivity index (χ2n) is 4.72. The van der Waals surface area contributed by atoms with E-state index in [0.29, 0.717) is 0 Å². The van der Waals surface area contributed by atoms with Crippen LogP contribution in [0.3, 0.4) is 0 Å². The largest absolute Gasteiger partial charge is 0.324 e. The number of nitrogens with zero attached hydrogens (tertiary/aromatic N) is 1. The van der Waals surface area contributed by atoms with Gasteiger partial charge in [-0.25, -0.2) is 4.98 Å². The third kappa shape index (κ3) is 3.03. The highest BCUT2D eigenvalue weighted by atomic mass is 32.2. The van der Waals surface area contributed by atoms with E-state index in [1.54, 1.807) is 11.3 Å². The van der Waals surface area contributed by atoms with E-state index in [2.05, 4.69) is 47.4 Å².